The van der Waals surface area contributed by atoms with Crippen LogP contribution < -0.4 is 0 Å². The lowest BCUT2D eigenvalue weighted by atomic mass is 10.1. The Hall–Kier alpha value is -2.62. The van der Waals surface area contributed by atoms with E-state index in [0.717, 1.165) is 17.5 Å². The van der Waals surface area contributed by atoms with Crippen molar-refractivity contribution in [3.05, 3.63) is 53.6 Å². The SMILES string of the molecule is CCc1ccc(-c2noc(-c3ccc(C)cc3O)n2)cc1. The van der Waals surface area contributed by atoms with Crippen molar-refractivity contribution in [2.24, 2.45) is 0 Å². The molecular formula is C17H16N2O2. The van der Waals surface area contributed by atoms with Crippen LogP contribution in [0.2, 0.25) is 0 Å². The normalized spacial score (nSPS) is 10.8. The topological polar surface area (TPSA) is 59.2 Å². The minimum absolute atomic E-state index is 0.145. The number of hydrogen-bond acceptors (Lipinski definition) is 4. The largest absolute Gasteiger partial charge is 0.507 e. The van der Waals surface area contributed by atoms with Gasteiger partial charge in [-0.1, -0.05) is 42.4 Å². The third-order valence-corrected chi connectivity index (χ3v) is 3.43. The molecule has 0 unspecified atom stereocenters. The van der Waals surface area contributed by atoms with Gasteiger partial charge in [0, 0.05) is 5.56 Å². The maximum absolute atomic E-state index is 9.97. The number of nitrogens with zero attached hydrogens (tertiary/aromatic N) is 2. The molecule has 3 rings (SSSR count). The van der Waals surface area contributed by atoms with Gasteiger partial charge in [-0.25, -0.2) is 0 Å². The van der Waals surface area contributed by atoms with Crippen molar-refractivity contribution in [1.29, 1.82) is 0 Å². The van der Waals surface area contributed by atoms with Crippen molar-refractivity contribution in [3.8, 4) is 28.6 Å². The second-order valence-electron chi connectivity index (χ2n) is 4.99. The highest BCUT2D eigenvalue weighted by Crippen LogP contribution is 2.30. The number of phenolic OH excluding ortho intramolecular Hbond substituents is 1. The van der Waals surface area contributed by atoms with Crippen LogP contribution in [0.25, 0.3) is 22.8 Å². The van der Waals surface area contributed by atoms with Crippen LogP contribution >= 0.6 is 0 Å². The van der Waals surface area contributed by atoms with Crippen molar-refractivity contribution < 1.29 is 9.63 Å². The van der Waals surface area contributed by atoms with E-state index >= 15 is 0 Å². The molecule has 0 bridgehead atoms. The van der Waals surface area contributed by atoms with Gasteiger partial charge in [0.15, 0.2) is 0 Å². The number of phenols is 1. The molecule has 4 heteroatoms. The van der Waals surface area contributed by atoms with Gasteiger partial charge in [-0.3, -0.25) is 0 Å². The summed E-state index contributed by atoms with van der Waals surface area (Å²) in [7, 11) is 0. The Labute approximate surface area is 123 Å². The monoisotopic (exact) mass is 280 g/mol. The first kappa shape index (κ1) is 13.4. The van der Waals surface area contributed by atoms with Crippen LogP contribution in [0.4, 0.5) is 0 Å². The molecule has 0 spiro atoms. The van der Waals surface area contributed by atoms with Crippen molar-refractivity contribution in [3.63, 3.8) is 0 Å². The van der Waals surface area contributed by atoms with Crippen LogP contribution in [0.5, 0.6) is 5.75 Å². The van der Waals surface area contributed by atoms with E-state index in [1.54, 1.807) is 12.1 Å². The van der Waals surface area contributed by atoms with E-state index in [1.165, 1.54) is 5.56 Å². The highest BCUT2D eigenvalue weighted by molar-refractivity contribution is 5.65. The molecule has 0 saturated carbocycles. The Balaban J connectivity index is 1.95. The molecule has 4 nitrogen and oxygen atoms in total. The summed E-state index contributed by atoms with van der Waals surface area (Å²) in [5.74, 6) is 0.987. The summed E-state index contributed by atoms with van der Waals surface area (Å²) >= 11 is 0. The van der Waals surface area contributed by atoms with Crippen LogP contribution in [0.3, 0.4) is 0 Å². The molecule has 1 heterocycles. The Morgan fingerprint density at radius 1 is 1.10 bits per heavy atom. The van der Waals surface area contributed by atoms with Gasteiger partial charge >= 0.3 is 0 Å². The second kappa shape index (κ2) is 5.40. The molecule has 0 aliphatic carbocycles. The quantitative estimate of drug-likeness (QED) is 0.788. The van der Waals surface area contributed by atoms with Crippen molar-refractivity contribution in [2.45, 2.75) is 20.3 Å². The van der Waals surface area contributed by atoms with Gasteiger partial charge in [0.2, 0.25) is 5.82 Å². The van der Waals surface area contributed by atoms with Gasteiger partial charge in [0.25, 0.3) is 5.89 Å². The zero-order valence-electron chi connectivity index (χ0n) is 12.0. The van der Waals surface area contributed by atoms with Crippen LogP contribution in [-0.4, -0.2) is 15.2 Å². The molecule has 106 valence electrons. The van der Waals surface area contributed by atoms with Crippen LogP contribution in [0.15, 0.2) is 47.0 Å². The van der Waals surface area contributed by atoms with Crippen LogP contribution in [0, 0.1) is 6.92 Å². The Morgan fingerprint density at radius 3 is 2.52 bits per heavy atom. The Morgan fingerprint density at radius 2 is 1.86 bits per heavy atom. The molecule has 0 atom stereocenters. The summed E-state index contributed by atoms with van der Waals surface area (Å²) in [6.07, 6.45) is 0.995. The van der Waals surface area contributed by atoms with E-state index in [1.807, 2.05) is 25.1 Å². The second-order valence-corrected chi connectivity index (χ2v) is 4.99. The fourth-order valence-electron chi connectivity index (χ4n) is 2.16. The molecule has 1 aromatic heterocycles. The Bertz CT molecular complexity index is 761. The first-order valence-electron chi connectivity index (χ1n) is 6.90. The number of aromatic nitrogens is 2. The summed E-state index contributed by atoms with van der Waals surface area (Å²) in [5, 5.41) is 13.9. The lowest BCUT2D eigenvalue weighted by molar-refractivity contribution is 0.425. The summed E-state index contributed by atoms with van der Waals surface area (Å²) in [6.45, 7) is 4.03. The van der Waals surface area contributed by atoms with E-state index < -0.39 is 0 Å². The number of benzene rings is 2. The molecule has 3 aromatic rings. The van der Waals surface area contributed by atoms with Gasteiger partial charge in [0.1, 0.15) is 5.75 Å². The van der Waals surface area contributed by atoms with Crippen molar-refractivity contribution in [2.75, 3.05) is 0 Å². The molecule has 0 amide bonds. The third-order valence-electron chi connectivity index (χ3n) is 3.43. The van der Waals surface area contributed by atoms with E-state index in [2.05, 4.69) is 29.2 Å². The summed E-state index contributed by atoms with van der Waals surface area (Å²) in [6, 6.07) is 13.4. The zero-order valence-corrected chi connectivity index (χ0v) is 12.0. The van der Waals surface area contributed by atoms with Gasteiger partial charge in [-0.15, -0.1) is 0 Å². The molecular weight excluding hydrogens is 264 g/mol. The molecule has 2 aromatic carbocycles. The molecule has 0 saturated heterocycles. The Kier molecular flexibility index (Phi) is 3.44. The van der Waals surface area contributed by atoms with Crippen molar-refractivity contribution >= 4 is 0 Å². The van der Waals surface area contributed by atoms with E-state index in [9.17, 15) is 5.11 Å². The first-order chi connectivity index (χ1) is 10.2. The average molecular weight is 280 g/mol. The standard InChI is InChI=1S/C17H16N2O2/c1-3-12-5-7-13(8-6-12)16-18-17(21-19-16)14-9-4-11(2)10-15(14)20/h4-10,20H,3H2,1-2H3. The van der Waals surface area contributed by atoms with E-state index in [0.29, 0.717) is 17.3 Å². The fourth-order valence-corrected chi connectivity index (χ4v) is 2.16. The minimum Gasteiger partial charge on any atom is -0.507 e. The molecule has 0 aliphatic rings. The third kappa shape index (κ3) is 2.65. The molecule has 1 N–H and O–H groups in total. The van der Waals surface area contributed by atoms with Gasteiger partial charge in [-0.2, -0.15) is 4.98 Å². The highest BCUT2D eigenvalue weighted by Gasteiger charge is 2.13. The van der Waals surface area contributed by atoms with Crippen LogP contribution in [-0.2, 0) is 6.42 Å². The average Bonchev–Trinajstić information content (AvgIpc) is 2.97. The lowest BCUT2D eigenvalue weighted by Gasteiger charge is -2.00. The predicted molar refractivity (Wildman–Crippen MR) is 80.9 cm³/mol. The van der Waals surface area contributed by atoms with Crippen molar-refractivity contribution in [1.82, 2.24) is 10.1 Å². The smallest absolute Gasteiger partial charge is 0.261 e. The molecule has 0 aliphatic heterocycles. The number of rotatable bonds is 3. The summed E-state index contributed by atoms with van der Waals surface area (Å²) < 4.78 is 5.26. The maximum atomic E-state index is 9.97. The highest BCUT2D eigenvalue weighted by atomic mass is 16.5. The number of aromatic hydroxyl groups is 1. The fraction of sp³-hybridized carbons (Fsp3) is 0.176. The molecule has 21 heavy (non-hydrogen) atoms. The summed E-state index contributed by atoms with van der Waals surface area (Å²) in [5.41, 5.74) is 3.68. The van der Waals surface area contributed by atoms with E-state index in [4.69, 9.17) is 4.52 Å². The molecule has 0 radical (unpaired) electrons. The van der Waals surface area contributed by atoms with Gasteiger partial charge < -0.3 is 9.63 Å². The summed E-state index contributed by atoms with van der Waals surface area (Å²) in [4.78, 5) is 4.36. The van der Waals surface area contributed by atoms with Crippen LogP contribution in [0.1, 0.15) is 18.1 Å². The van der Waals surface area contributed by atoms with Gasteiger partial charge in [0.05, 0.1) is 5.56 Å². The predicted octanol–water partition coefficient (Wildman–Crippen LogP) is 3.98. The first-order valence-corrected chi connectivity index (χ1v) is 6.90. The lowest BCUT2D eigenvalue weighted by Crippen LogP contribution is -1.84. The number of hydrogen-bond donors (Lipinski definition) is 1. The van der Waals surface area contributed by atoms with E-state index in [-0.39, 0.29) is 5.75 Å². The number of aryl methyl sites for hydroxylation is 2. The minimum atomic E-state index is 0.145. The zero-order chi connectivity index (χ0) is 14.8. The van der Waals surface area contributed by atoms with Gasteiger partial charge in [-0.05, 0) is 36.6 Å². The maximum Gasteiger partial charge on any atom is 0.261 e. The molecule has 0 fully saturated rings.